The highest BCUT2D eigenvalue weighted by Gasteiger charge is 2.21. The Bertz CT molecular complexity index is 533. The van der Waals surface area contributed by atoms with Crippen LogP contribution in [0.2, 0.25) is 0 Å². The fourth-order valence-electron chi connectivity index (χ4n) is 1.84. The van der Waals surface area contributed by atoms with Gasteiger partial charge in [-0.05, 0) is 25.0 Å². The van der Waals surface area contributed by atoms with Crippen LogP contribution in [0.5, 0.6) is 0 Å². The molecule has 0 aromatic heterocycles. The first-order valence-electron chi connectivity index (χ1n) is 6.58. The largest absolute Gasteiger partial charge is 0.349 e. The lowest BCUT2D eigenvalue weighted by atomic mass is 10.1. The molecule has 1 rings (SSSR count). The first-order valence-corrected chi connectivity index (χ1v) is 8.24. The number of hydrogen-bond donors (Lipinski definition) is 1. The lowest BCUT2D eigenvalue weighted by Crippen LogP contribution is -2.34. The van der Waals surface area contributed by atoms with Gasteiger partial charge in [0.15, 0.2) is 9.84 Å². The first-order chi connectivity index (χ1) is 8.96. The minimum atomic E-state index is -3.38. The Hall–Kier alpha value is -1.36. The van der Waals surface area contributed by atoms with Crippen LogP contribution in [0.15, 0.2) is 29.2 Å². The fraction of sp³-hybridized carbons (Fsp3) is 0.500. The van der Waals surface area contributed by atoms with Crippen molar-refractivity contribution < 1.29 is 13.2 Å². The van der Waals surface area contributed by atoms with Crippen LogP contribution in [0.25, 0.3) is 0 Å². The molecule has 0 bridgehead atoms. The zero-order chi connectivity index (χ0) is 14.5. The minimum Gasteiger partial charge on any atom is -0.349 e. The van der Waals surface area contributed by atoms with Crippen LogP contribution >= 0.6 is 0 Å². The van der Waals surface area contributed by atoms with Crippen LogP contribution in [-0.2, 0) is 9.84 Å². The molecule has 0 saturated heterocycles. The van der Waals surface area contributed by atoms with Crippen molar-refractivity contribution in [2.75, 3.05) is 5.75 Å². The van der Waals surface area contributed by atoms with E-state index in [0.29, 0.717) is 0 Å². The molecule has 0 fully saturated rings. The molecule has 5 heteroatoms. The van der Waals surface area contributed by atoms with Crippen molar-refractivity contribution in [1.82, 2.24) is 5.32 Å². The summed E-state index contributed by atoms with van der Waals surface area (Å²) in [6.07, 6.45) is 1.65. The molecule has 0 aliphatic rings. The molecular weight excluding hydrogens is 262 g/mol. The van der Waals surface area contributed by atoms with Crippen LogP contribution < -0.4 is 5.32 Å². The Morgan fingerprint density at radius 1 is 1.16 bits per heavy atom. The van der Waals surface area contributed by atoms with Crippen molar-refractivity contribution in [3.8, 4) is 0 Å². The van der Waals surface area contributed by atoms with E-state index in [9.17, 15) is 13.2 Å². The molecular formula is C14H21NO3S. The number of benzene rings is 1. The number of rotatable bonds is 6. The number of carbonyl (C=O) groups is 1. The van der Waals surface area contributed by atoms with Crippen molar-refractivity contribution >= 4 is 15.7 Å². The molecule has 0 unspecified atom stereocenters. The molecule has 106 valence electrons. The van der Waals surface area contributed by atoms with Crippen LogP contribution in [0.1, 0.15) is 44.0 Å². The smallest absolute Gasteiger partial charge is 0.252 e. The SMILES string of the molecule is CCC(CC)NC(=O)c1ccccc1S(=O)(=O)CC. The minimum absolute atomic E-state index is 0.0116. The highest BCUT2D eigenvalue weighted by molar-refractivity contribution is 7.91. The first kappa shape index (κ1) is 15.7. The summed E-state index contributed by atoms with van der Waals surface area (Å²) in [5.74, 6) is -0.330. The predicted molar refractivity (Wildman–Crippen MR) is 76.0 cm³/mol. The number of amides is 1. The Kier molecular flexibility index (Phi) is 5.54. The van der Waals surface area contributed by atoms with Gasteiger partial charge in [0.1, 0.15) is 0 Å². The number of sulfone groups is 1. The molecule has 1 aromatic rings. The Labute approximate surface area is 115 Å². The van der Waals surface area contributed by atoms with Crippen LogP contribution in [-0.4, -0.2) is 26.1 Å². The molecule has 0 aliphatic heterocycles. The molecule has 0 radical (unpaired) electrons. The average molecular weight is 283 g/mol. The van der Waals surface area contributed by atoms with Crippen molar-refractivity contribution in [1.29, 1.82) is 0 Å². The molecule has 1 N–H and O–H groups in total. The van der Waals surface area contributed by atoms with Crippen LogP contribution in [0, 0.1) is 0 Å². The molecule has 0 heterocycles. The van der Waals surface area contributed by atoms with E-state index in [0.717, 1.165) is 12.8 Å². The van der Waals surface area contributed by atoms with Gasteiger partial charge in [-0.2, -0.15) is 0 Å². The second-order valence-corrected chi connectivity index (χ2v) is 6.63. The number of hydrogen-bond acceptors (Lipinski definition) is 3. The van der Waals surface area contributed by atoms with Gasteiger partial charge in [-0.15, -0.1) is 0 Å². The van der Waals surface area contributed by atoms with Gasteiger partial charge in [0.2, 0.25) is 0 Å². The summed E-state index contributed by atoms with van der Waals surface area (Å²) in [6.45, 7) is 5.55. The van der Waals surface area contributed by atoms with E-state index >= 15 is 0 Å². The summed E-state index contributed by atoms with van der Waals surface area (Å²) in [5.41, 5.74) is 0.233. The molecule has 0 atom stereocenters. The normalized spacial score (nSPS) is 11.6. The Morgan fingerprint density at radius 2 is 1.74 bits per heavy atom. The molecule has 0 saturated carbocycles. The average Bonchev–Trinajstić information content (AvgIpc) is 2.44. The number of carbonyl (C=O) groups excluding carboxylic acids is 1. The van der Waals surface area contributed by atoms with Gasteiger partial charge in [-0.1, -0.05) is 32.9 Å². The van der Waals surface area contributed by atoms with Gasteiger partial charge in [-0.3, -0.25) is 4.79 Å². The second-order valence-electron chi connectivity index (χ2n) is 4.39. The van der Waals surface area contributed by atoms with Gasteiger partial charge in [-0.25, -0.2) is 8.42 Å². The lowest BCUT2D eigenvalue weighted by Gasteiger charge is -2.16. The van der Waals surface area contributed by atoms with Crippen molar-refractivity contribution in [3.63, 3.8) is 0 Å². The molecule has 1 amide bonds. The quantitative estimate of drug-likeness (QED) is 0.872. The van der Waals surface area contributed by atoms with E-state index < -0.39 is 9.84 Å². The van der Waals surface area contributed by atoms with E-state index in [4.69, 9.17) is 0 Å². The third-order valence-corrected chi connectivity index (χ3v) is 4.95. The highest BCUT2D eigenvalue weighted by atomic mass is 32.2. The Balaban J connectivity index is 3.11. The lowest BCUT2D eigenvalue weighted by molar-refractivity contribution is 0.0931. The van der Waals surface area contributed by atoms with Gasteiger partial charge >= 0.3 is 0 Å². The van der Waals surface area contributed by atoms with E-state index in [1.54, 1.807) is 25.1 Å². The molecule has 0 spiro atoms. The van der Waals surface area contributed by atoms with Crippen LogP contribution in [0.3, 0.4) is 0 Å². The summed E-state index contributed by atoms with van der Waals surface area (Å²) >= 11 is 0. The van der Waals surface area contributed by atoms with Gasteiger partial charge in [0.05, 0.1) is 16.2 Å². The summed E-state index contributed by atoms with van der Waals surface area (Å²) in [6, 6.07) is 6.43. The van der Waals surface area contributed by atoms with E-state index in [2.05, 4.69) is 5.32 Å². The van der Waals surface area contributed by atoms with E-state index in [1.807, 2.05) is 13.8 Å². The second kappa shape index (κ2) is 6.70. The van der Waals surface area contributed by atoms with Gasteiger partial charge in [0, 0.05) is 6.04 Å². The third kappa shape index (κ3) is 3.80. The maximum Gasteiger partial charge on any atom is 0.252 e. The van der Waals surface area contributed by atoms with Gasteiger partial charge < -0.3 is 5.32 Å². The topological polar surface area (TPSA) is 63.2 Å². The summed E-state index contributed by atoms with van der Waals surface area (Å²) < 4.78 is 23.9. The predicted octanol–water partition coefficient (Wildman–Crippen LogP) is 2.40. The summed E-state index contributed by atoms with van der Waals surface area (Å²) in [7, 11) is -3.38. The Morgan fingerprint density at radius 3 is 2.26 bits per heavy atom. The third-order valence-electron chi connectivity index (χ3n) is 3.17. The maximum atomic E-state index is 12.2. The van der Waals surface area contributed by atoms with Crippen LogP contribution in [0.4, 0.5) is 0 Å². The molecule has 1 aromatic carbocycles. The maximum absolute atomic E-state index is 12.2. The molecule has 0 aliphatic carbocycles. The van der Waals surface area contributed by atoms with Crippen molar-refractivity contribution in [2.24, 2.45) is 0 Å². The standard InChI is InChI=1S/C14H21NO3S/c1-4-11(5-2)15-14(16)12-9-7-8-10-13(12)19(17,18)6-3/h7-11H,4-6H2,1-3H3,(H,15,16). The summed E-state index contributed by atoms with van der Waals surface area (Å²) in [5, 5.41) is 2.87. The number of nitrogens with one attached hydrogen (secondary N) is 1. The zero-order valence-electron chi connectivity index (χ0n) is 11.6. The van der Waals surface area contributed by atoms with Crippen molar-refractivity contribution in [2.45, 2.75) is 44.6 Å². The van der Waals surface area contributed by atoms with Gasteiger partial charge in [0.25, 0.3) is 5.91 Å². The molecule has 19 heavy (non-hydrogen) atoms. The highest BCUT2D eigenvalue weighted by Crippen LogP contribution is 2.17. The van der Waals surface area contributed by atoms with E-state index in [-0.39, 0.29) is 28.2 Å². The van der Waals surface area contributed by atoms with E-state index in [1.165, 1.54) is 6.07 Å². The summed E-state index contributed by atoms with van der Waals surface area (Å²) in [4.78, 5) is 12.3. The molecule has 4 nitrogen and oxygen atoms in total. The monoisotopic (exact) mass is 283 g/mol. The van der Waals surface area contributed by atoms with Crippen molar-refractivity contribution in [3.05, 3.63) is 29.8 Å². The zero-order valence-corrected chi connectivity index (χ0v) is 12.5. The fourth-order valence-corrected chi connectivity index (χ4v) is 2.93.